The number of aromatic amines is 2. The molecule has 6 nitrogen and oxygen atoms in total. The number of benzene rings is 3. The Morgan fingerprint density at radius 2 is 1.74 bits per heavy atom. The van der Waals surface area contributed by atoms with Gasteiger partial charge < -0.3 is 9.97 Å². The first-order valence-electron chi connectivity index (χ1n) is 13.7. The van der Waals surface area contributed by atoms with Crippen molar-refractivity contribution in [2.75, 3.05) is 13.1 Å². The average Bonchev–Trinajstić information content (AvgIpc) is 3.54. The Hall–Kier alpha value is -4.13. The highest BCUT2D eigenvalue weighted by molar-refractivity contribution is 5.91. The van der Waals surface area contributed by atoms with Crippen molar-refractivity contribution in [3.05, 3.63) is 113 Å². The lowest BCUT2D eigenvalue weighted by molar-refractivity contribution is -0.117. The van der Waals surface area contributed by atoms with Crippen molar-refractivity contribution in [2.45, 2.75) is 39.8 Å². The molecule has 5 aromatic rings. The zero-order valence-corrected chi connectivity index (χ0v) is 22.8. The minimum atomic E-state index is -0.148. The molecule has 5 rings (SSSR count). The van der Waals surface area contributed by atoms with E-state index in [1.807, 2.05) is 12.3 Å². The second-order valence-electron chi connectivity index (χ2n) is 10.1. The van der Waals surface area contributed by atoms with Gasteiger partial charge in [-0.15, -0.1) is 0 Å². The summed E-state index contributed by atoms with van der Waals surface area (Å²) >= 11 is 0. The van der Waals surface area contributed by atoms with Crippen LogP contribution < -0.4 is 10.9 Å². The van der Waals surface area contributed by atoms with Crippen LogP contribution in [0.15, 0.2) is 85.1 Å². The third-order valence-corrected chi connectivity index (χ3v) is 7.13. The van der Waals surface area contributed by atoms with Gasteiger partial charge in [0.2, 0.25) is 0 Å². The van der Waals surface area contributed by atoms with Crippen LogP contribution in [0.5, 0.6) is 0 Å². The maximum atomic E-state index is 11.9. The molecule has 0 aliphatic rings. The minimum Gasteiger partial charge on any atom is -0.361 e. The molecule has 0 atom stereocenters. The number of rotatable bonds is 12. The van der Waals surface area contributed by atoms with Crippen molar-refractivity contribution in [3.8, 4) is 0 Å². The van der Waals surface area contributed by atoms with Gasteiger partial charge in [0.15, 0.2) is 0 Å². The summed E-state index contributed by atoms with van der Waals surface area (Å²) in [4.78, 5) is 21.4. The highest BCUT2D eigenvalue weighted by atomic mass is 16.2. The van der Waals surface area contributed by atoms with Gasteiger partial charge in [0, 0.05) is 60.6 Å². The summed E-state index contributed by atoms with van der Waals surface area (Å²) in [5.74, 6) is -0.148. The average molecular weight is 520 g/mol. The molecule has 6 heteroatoms. The monoisotopic (exact) mass is 519 g/mol. The zero-order valence-electron chi connectivity index (χ0n) is 22.8. The zero-order chi connectivity index (χ0) is 27.0. The van der Waals surface area contributed by atoms with Crippen molar-refractivity contribution >= 4 is 33.8 Å². The molecular formula is C33H37N5O. The van der Waals surface area contributed by atoms with Crippen LogP contribution in [-0.2, 0) is 24.3 Å². The number of H-pyrrole nitrogens is 2. The molecule has 0 saturated carbocycles. The number of hydrogen-bond donors (Lipinski definition) is 4. The molecule has 0 bridgehead atoms. The SMILES string of the molecule is CCCNNC(=O)/C=C/c1ccc(CN(CCc2c(C)[nH]c3ccccc23)Cc2ccc3cc[nH]c3c2)cc1. The normalized spacial score (nSPS) is 11.8. The van der Waals surface area contributed by atoms with Gasteiger partial charge in [-0.05, 0) is 71.7 Å². The summed E-state index contributed by atoms with van der Waals surface area (Å²) in [5.41, 5.74) is 14.1. The van der Waals surface area contributed by atoms with Crippen LogP contribution in [0.1, 0.15) is 41.3 Å². The number of aromatic nitrogens is 2. The first-order valence-corrected chi connectivity index (χ1v) is 13.7. The minimum absolute atomic E-state index is 0.148. The number of para-hydroxylation sites is 1. The Bertz CT molecular complexity index is 1560. The molecule has 0 radical (unpaired) electrons. The van der Waals surface area contributed by atoms with Crippen LogP contribution in [0, 0.1) is 6.92 Å². The van der Waals surface area contributed by atoms with E-state index >= 15 is 0 Å². The predicted octanol–water partition coefficient (Wildman–Crippen LogP) is 6.25. The Balaban J connectivity index is 1.30. The number of fused-ring (bicyclic) bond motifs is 2. The van der Waals surface area contributed by atoms with E-state index in [-0.39, 0.29) is 5.91 Å². The number of hydrogen-bond acceptors (Lipinski definition) is 3. The summed E-state index contributed by atoms with van der Waals surface area (Å²) in [7, 11) is 0. The quantitative estimate of drug-likeness (QED) is 0.0895. The molecule has 0 fully saturated rings. The topological polar surface area (TPSA) is 75.9 Å². The Labute approximate surface area is 230 Å². The molecule has 2 aromatic heterocycles. The van der Waals surface area contributed by atoms with Crippen LogP contribution in [0.2, 0.25) is 0 Å². The summed E-state index contributed by atoms with van der Waals surface area (Å²) in [6.45, 7) is 7.63. The van der Waals surface area contributed by atoms with Crippen LogP contribution in [-0.4, -0.2) is 33.9 Å². The van der Waals surface area contributed by atoms with Crippen molar-refractivity contribution in [1.82, 2.24) is 25.7 Å². The predicted molar refractivity (Wildman–Crippen MR) is 161 cm³/mol. The second-order valence-corrected chi connectivity index (χ2v) is 10.1. The first-order chi connectivity index (χ1) is 19.1. The van der Waals surface area contributed by atoms with E-state index in [0.717, 1.165) is 44.6 Å². The molecule has 0 unspecified atom stereocenters. The third-order valence-electron chi connectivity index (χ3n) is 7.13. The molecule has 0 aliphatic heterocycles. The summed E-state index contributed by atoms with van der Waals surface area (Å²) in [5, 5.41) is 2.55. The molecule has 4 N–H and O–H groups in total. The number of nitrogens with one attached hydrogen (secondary N) is 4. The molecule has 0 saturated heterocycles. The smallest absolute Gasteiger partial charge is 0.258 e. The molecule has 0 spiro atoms. The van der Waals surface area contributed by atoms with Crippen LogP contribution in [0.25, 0.3) is 27.9 Å². The number of aryl methyl sites for hydroxylation is 1. The fourth-order valence-corrected chi connectivity index (χ4v) is 5.07. The standard InChI is InChI=1S/C33H37N5O/c1-3-18-35-37-33(39)15-13-25-8-10-26(11-9-25)22-38(23-27-12-14-28-16-19-34-32(28)21-27)20-17-29-24(2)36-31-7-5-4-6-30(29)31/h4-16,19,21,34-36H,3,17-18,20,22-23H2,1-2H3,(H,37,39)/b15-13+. The highest BCUT2D eigenvalue weighted by Crippen LogP contribution is 2.24. The molecule has 3 aromatic carbocycles. The Morgan fingerprint density at radius 3 is 2.59 bits per heavy atom. The molecule has 200 valence electrons. The number of amides is 1. The van der Waals surface area contributed by atoms with E-state index in [2.05, 4.69) is 112 Å². The molecule has 1 amide bonds. The lowest BCUT2D eigenvalue weighted by Gasteiger charge is -2.23. The number of hydrazine groups is 1. The fraction of sp³-hybridized carbons (Fsp3) is 0.242. The van der Waals surface area contributed by atoms with Gasteiger partial charge in [0.1, 0.15) is 0 Å². The summed E-state index contributed by atoms with van der Waals surface area (Å²) in [6, 6.07) is 25.8. The maximum absolute atomic E-state index is 11.9. The van der Waals surface area contributed by atoms with Crippen LogP contribution in [0.4, 0.5) is 0 Å². The largest absolute Gasteiger partial charge is 0.361 e. The molecule has 39 heavy (non-hydrogen) atoms. The lowest BCUT2D eigenvalue weighted by atomic mass is 10.1. The summed E-state index contributed by atoms with van der Waals surface area (Å²) in [6.07, 6.45) is 7.33. The van der Waals surface area contributed by atoms with Crippen LogP contribution in [0.3, 0.4) is 0 Å². The van der Waals surface area contributed by atoms with Gasteiger partial charge in [-0.2, -0.15) is 0 Å². The highest BCUT2D eigenvalue weighted by Gasteiger charge is 2.13. The van der Waals surface area contributed by atoms with Crippen molar-refractivity contribution in [1.29, 1.82) is 0 Å². The van der Waals surface area contributed by atoms with E-state index in [9.17, 15) is 4.79 Å². The number of carbonyl (C=O) groups excluding carboxylic acids is 1. The second kappa shape index (κ2) is 12.6. The van der Waals surface area contributed by atoms with Crippen molar-refractivity contribution in [2.24, 2.45) is 0 Å². The number of nitrogens with zero attached hydrogens (tertiary/aromatic N) is 1. The van der Waals surface area contributed by atoms with Gasteiger partial charge >= 0.3 is 0 Å². The number of carbonyl (C=O) groups is 1. The van der Waals surface area contributed by atoms with Crippen molar-refractivity contribution in [3.63, 3.8) is 0 Å². The first kappa shape index (κ1) is 26.5. The van der Waals surface area contributed by atoms with E-state index in [1.165, 1.54) is 44.2 Å². The van der Waals surface area contributed by atoms with Gasteiger partial charge in [-0.25, -0.2) is 5.43 Å². The van der Waals surface area contributed by atoms with Gasteiger partial charge in [0.25, 0.3) is 5.91 Å². The van der Waals surface area contributed by atoms with Gasteiger partial charge in [0.05, 0.1) is 0 Å². The van der Waals surface area contributed by atoms with E-state index in [4.69, 9.17) is 0 Å². The summed E-state index contributed by atoms with van der Waals surface area (Å²) < 4.78 is 0. The lowest BCUT2D eigenvalue weighted by Crippen LogP contribution is -2.36. The van der Waals surface area contributed by atoms with Gasteiger partial charge in [-0.3, -0.25) is 15.1 Å². The van der Waals surface area contributed by atoms with Crippen LogP contribution >= 0.6 is 0 Å². The van der Waals surface area contributed by atoms with E-state index in [0.29, 0.717) is 0 Å². The third kappa shape index (κ3) is 6.85. The molecular weight excluding hydrogens is 482 g/mol. The fourth-order valence-electron chi connectivity index (χ4n) is 5.07. The molecule has 2 heterocycles. The Kier molecular flexibility index (Phi) is 8.56. The van der Waals surface area contributed by atoms with Gasteiger partial charge in [-0.1, -0.05) is 61.5 Å². The van der Waals surface area contributed by atoms with E-state index in [1.54, 1.807) is 6.08 Å². The maximum Gasteiger partial charge on any atom is 0.258 e. The Morgan fingerprint density at radius 1 is 0.949 bits per heavy atom. The van der Waals surface area contributed by atoms with E-state index < -0.39 is 0 Å². The van der Waals surface area contributed by atoms with Crippen molar-refractivity contribution < 1.29 is 4.79 Å². The molecule has 0 aliphatic carbocycles.